The van der Waals surface area contributed by atoms with Crippen molar-refractivity contribution in [2.75, 3.05) is 5.32 Å². The summed E-state index contributed by atoms with van der Waals surface area (Å²) < 4.78 is 2.36. The topological polar surface area (TPSA) is 43.0 Å². The Bertz CT molecular complexity index is 3080. The van der Waals surface area contributed by atoms with Crippen molar-refractivity contribution in [1.82, 2.24) is 4.57 Å². The van der Waals surface area contributed by atoms with Crippen molar-refractivity contribution < 1.29 is 0 Å². The maximum atomic E-state index is 6.65. The minimum absolute atomic E-state index is 0.711. The first-order chi connectivity index (χ1) is 31.0. The zero-order valence-electron chi connectivity index (χ0n) is 35.8. The molecule has 1 aromatic heterocycles. The molecular formula is C60H51N3. The van der Waals surface area contributed by atoms with Crippen LogP contribution in [0.3, 0.4) is 0 Å². The first-order valence-electron chi connectivity index (χ1n) is 21.4. The van der Waals surface area contributed by atoms with Gasteiger partial charge < -0.3 is 15.6 Å². The summed E-state index contributed by atoms with van der Waals surface area (Å²) in [5, 5.41) is 6.06. The summed E-state index contributed by atoms with van der Waals surface area (Å²) in [6.07, 6.45) is 22.5. The Morgan fingerprint density at radius 2 is 1.16 bits per heavy atom. The Hall–Kier alpha value is -8.14. The van der Waals surface area contributed by atoms with Crippen LogP contribution in [0.1, 0.15) is 36.1 Å². The Labute approximate surface area is 371 Å². The van der Waals surface area contributed by atoms with Crippen molar-refractivity contribution in [1.29, 1.82) is 0 Å². The molecule has 1 heterocycles. The third-order valence-electron chi connectivity index (χ3n) is 11.1. The zero-order valence-corrected chi connectivity index (χ0v) is 35.8. The number of rotatable bonds is 14. The smallest absolute Gasteiger partial charge is 0.0541 e. The molecule has 3 nitrogen and oxygen atoms in total. The third kappa shape index (κ3) is 9.75. The Kier molecular flexibility index (Phi) is 13.2. The van der Waals surface area contributed by atoms with Crippen molar-refractivity contribution >= 4 is 55.6 Å². The molecule has 0 aliphatic heterocycles. The summed E-state index contributed by atoms with van der Waals surface area (Å²) in [5.74, 6) is 0. The number of hydrogen-bond acceptors (Lipinski definition) is 2. The second-order valence-electron chi connectivity index (χ2n) is 15.3. The molecule has 0 spiro atoms. The van der Waals surface area contributed by atoms with Crippen molar-refractivity contribution in [3.8, 4) is 16.8 Å². The molecular weight excluding hydrogens is 763 g/mol. The number of nitrogens with two attached hydrogens (primary N) is 1. The number of aromatic nitrogens is 1. The lowest BCUT2D eigenvalue weighted by Crippen LogP contribution is -1.97. The van der Waals surface area contributed by atoms with Gasteiger partial charge in [0.25, 0.3) is 0 Å². The predicted molar refractivity (Wildman–Crippen MR) is 274 cm³/mol. The van der Waals surface area contributed by atoms with E-state index in [1.54, 1.807) is 0 Å². The van der Waals surface area contributed by atoms with Gasteiger partial charge in [-0.2, -0.15) is 0 Å². The van der Waals surface area contributed by atoms with Gasteiger partial charge in [-0.3, -0.25) is 0 Å². The van der Waals surface area contributed by atoms with Gasteiger partial charge in [-0.1, -0.05) is 195 Å². The maximum Gasteiger partial charge on any atom is 0.0541 e. The van der Waals surface area contributed by atoms with Crippen molar-refractivity contribution in [2.24, 2.45) is 5.73 Å². The minimum atomic E-state index is 0.711. The normalized spacial score (nSPS) is 12.9. The molecule has 0 bridgehead atoms. The number of anilines is 2. The van der Waals surface area contributed by atoms with Crippen molar-refractivity contribution in [3.63, 3.8) is 0 Å². The van der Waals surface area contributed by atoms with Gasteiger partial charge in [0.05, 0.1) is 11.0 Å². The number of allylic oxidation sites excluding steroid dienone is 14. The molecule has 0 fully saturated rings. The molecule has 63 heavy (non-hydrogen) atoms. The second-order valence-corrected chi connectivity index (χ2v) is 15.3. The highest BCUT2D eigenvalue weighted by molar-refractivity contribution is 6.10. The summed E-state index contributed by atoms with van der Waals surface area (Å²) in [6, 6.07) is 61.8. The van der Waals surface area contributed by atoms with E-state index in [2.05, 4.69) is 193 Å². The number of nitrogens with zero attached hydrogens (tertiary/aromatic N) is 1. The largest absolute Gasteiger partial charge is 0.398 e. The SMILES string of the molecule is C=C/C=C(\C=C(/C)c1ccccc1Nc1ccc(-c2ccccc2)cc1)c1ccc2c(c1)c1ccccc1n2-c1ccc(C(/C=C(\N)c2ccccc2)=C/C=C\C=C/C=C/C)cc1. The van der Waals surface area contributed by atoms with Crippen LogP contribution in [0.5, 0.6) is 0 Å². The second kappa shape index (κ2) is 19.9. The number of nitrogens with one attached hydrogen (secondary N) is 1. The van der Waals surface area contributed by atoms with Crippen molar-refractivity contribution in [3.05, 3.63) is 272 Å². The van der Waals surface area contributed by atoms with E-state index in [0.29, 0.717) is 5.70 Å². The van der Waals surface area contributed by atoms with Gasteiger partial charge in [0, 0.05) is 39.1 Å². The molecule has 0 aliphatic carbocycles. The highest BCUT2D eigenvalue weighted by Gasteiger charge is 2.15. The molecule has 8 rings (SSSR count). The molecule has 0 radical (unpaired) electrons. The molecule has 0 saturated heterocycles. The highest BCUT2D eigenvalue weighted by atomic mass is 15.0. The van der Waals surface area contributed by atoms with Gasteiger partial charge >= 0.3 is 0 Å². The summed E-state index contributed by atoms with van der Waals surface area (Å²) >= 11 is 0. The summed E-state index contributed by atoms with van der Waals surface area (Å²) in [5.41, 5.74) is 22.8. The fourth-order valence-electron chi connectivity index (χ4n) is 7.94. The molecule has 3 heteroatoms. The van der Waals surface area contributed by atoms with E-state index in [9.17, 15) is 0 Å². The van der Waals surface area contributed by atoms with E-state index in [1.807, 2.05) is 79.8 Å². The van der Waals surface area contributed by atoms with E-state index in [-0.39, 0.29) is 0 Å². The fraction of sp³-hybridized carbons (Fsp3) is 0.0333. The van der Waals surface area contributed by atoms with Crippen LogP contribution in [-0.2, 0) is 0 Å². The molecule has 3 N–H and O–H groups in total. The molecule has 306 valence electrons. The Morgan fingerprint density at radius 1 is 0.540 bits per heavy atom. The van der Waals surface area contributed by atoms with Crippen LogP contribution >= 0.6 is 0 Å². The summed E-state index contributed by atoms with van der Waals surface area (Å²) in [4.78, 5) is 0. The van der Waals surface area contributed by atoms with Crippen LogP contribution in [0, 0.1) is 0 Å². The zero-order chi connectivity index (χ0) is 43.4. The average Bonchev–Trinajstić information content (AvgIpc) is 3.66. The predicted octanol–water partition coefficient (Wildman–Crippen LogP) is 15.9. The van der Waals surface area contributed by atoms with Crippen LogP contribution in [-0.4, -0.2) is 4.57 Å². The minimum Gasteiger partial charge on any atom is -0.398 e. The monoisotopic (exact) mass is 813 g/mol. The van der Waals surface area contributed by atoms with E-state index < -0.39 is 0 Å². The van der Waals surface area contributed by atoms with Crippen molar-refractivity contribution in [2.45, 2.75) is 13.8 Å². The molecule has 0 aliphatic rings. The van der Waals surface area contributed by atoms with Crippen LogP contribution < -0.4 is 11.1 Å². The summed E-state index contributed by atoms with van der Waals surface area (Å²) in [6.45, 7) is 8.28. The van der Waals surface area contributed by atoms with Crippen LogP contribution in [0.15, 0.2) is 249 Å². The average molecular weight is 814 g/mol. The number of hydrogen-bond donors (Lipinski definition) is 2. The molecule has 0 unspecified atom stereocenters. The quantitative estimate of drug-likeness (QED) is 0.107. The summed E-state index contributed by atoms with van der Waals surface area (Å²) in [7, 11) is 0. The Balaban J connectivity index is 1.11. The maximum absolute atomic E-state index is 6.65. The van der Waals surface area contributed by atoms with Gasteiger partial charge in [-0.15, -0.1) is 0 Å². The lowest BCUT2D eigenvalue weighted by Gasteiger charge is -2.14. The first kappa shape index (κ1) is 41.6. The van der Waals surface area contributed by atoms with Gasteiger partial charge in [-0.05, 0) is 113 Å². The molecule has 7 aromatic carbocycles. The molecule has 0 saturated carbocycles. The molecule has 0 atom stereocenters. The fourth-order valence-corrected chi connectivity index (χ4v) is 7.94. The van der Waals surface area contributed by atoms with Gasteiger partial charge in [-0.25, -0.2) is 0 Å². The van der Waals surface area contributed by atoms with Crippen LogP contribution in [0.4, 0.5) is 11.4 Å². The lowest BCUT2D eigenvalue weighted by atomic mass is 9.97. The van der Waals surface area contributed by atoms with E-state index in [0.717, 1.165) is 67.1 Å². The van der Waals surface area contributed by atoms with Crippen LogP contribution in [0.2, 0.25) is 0 Å². The van der Waals surface area contributed by atoms with E-state index >= 15 is 0 Å². The number of fused-ring (bicyclic) bond motifs is 3. The molecule has 8 aromatic rings. The van der Waals surface area contributed by atoms with E-state index in [1.165, 1.54) is 21.9 Å². The standard InChI is InChI=1S/C60H51N3/c1-4-6-7-8-9-12-26-50(43-57(61)48-24-15-11-16-25-48)47-33-38-53(39-34-47)63-59-30-20-18-28-55(59)56-42-51(35-40-60(56)63)49(21-5-2)41-44(3)54-27-17-19-29-58(54)62-52-36-31-46(32-37-52)45-22-13-10-14-23-45/h4-43,62H,2,61H2,1,3H3/b6-4+,8-7-,12-9-,44-41+,49-21+,50-26+,57-43-. The first-order valence-corrected chi connectivity index (χ1v) is 21.4. The van der Waals surface area contributed by atoms with Gasteiger partial charge in [0.1, 0.15) is 0 Å². The third-order valence-corrected chi connectivity index (χ3v) is 11.1. The van der Waals surface area contributed by atoms with E-state index in [4.69, 9.17) is 5.73 Å². The lowest BCUT2D eigenvalue weighted by molar-refractivity contribution is 1.18. The number of para-hydroxylation sites is 2. The Morgan fingerprint density at radius 3 is 1.92 bits per heavy atom. The molecule has 0 amide bonds. The van der Waals surface area contributed by atoms with Gasteiger partial charge in [0.15, 0.2) is 0 Å². The van der Waals surface area contributed by atoms with Crippen LogP contribution in [0.25, 0.3) is 61.0 Å². The van der Waals surface area contributed by atoms with Gasteiger partial charge in [0.2, 0.25) is 0 Å². The number of benzene rings is 7. The highest BCUT2D eigenvalue weighted by Crippen LogP contribution is 2.36.